The van der Waals surface area contributed by atoms with E-state index >= 15 is 0 Å². The van der Waals surface area contributed by atoms with Crippen molar-refractivity contribution >= 4 is 28.9 Å². The summed E-state index contributed by atoms with van der Waals surface area (Å²) in [6.45, 7) is 3.18. The minimum Gasteiger partial charge on any atom is -0.460 e. The first kappa shape index (κ1) is 22.9. The lowest BCUT2D eigenvalue weighted by atomic mass is 10.1. The number of nitrogens with one attached hydrogen (secondary N) is 1. The normalized spacial score (nSPS) is 16.9. The summed E-state index contributed by atoms with van der Waals surface area (Å²) in [6, 6.07) is 13.2. The van der Waals surface area contributed by atoms with Gasteiger partial charge in [-0.3, -0.25) is 14.2 Å². The maximum Gasteiger partial charge on any atom is 0.302 e. The molecule has 0 fully saturated rings. The number of ether oxygens (including phenoxy) is 1. The molecule has 0 bridgehead atoms. The molecule has 1 unspecified atom stereocenters. The summed E-state index contributed by atoms with van der Waals surface area (Å²) >= 11 is 6.54. The largest absolute Gasteiger partial charge is 0.460 e. The molecular formula is C25H27ClN4O3. The van der Waals surface area contributed by atoms with Crippen molar-refractivity contribution in [2.75, 3.05) is 24.3 Å². The number of hydrogen-bond acceptors (Lipinski definition) is 6. The minimum atomic E-state index is -0.406. The zero-order valence-corrected chi connectivity index (χ0v) is 20.1. The number of aromatic nitrogens is 2. The van der Waals surface area contributed by atoms with Crippen LogP contribution in [0, 0.1) is 6.92 Å². The molecule has 1 aromatic heterocycles. The number of nitrogens with zero attached hydrogens (tertiary/aromatic N) is 3. The smallest absolute Gasteiger partial charge is 0.302 e. The van der Waals surface area contributed by atoms with E-state index < -0.39 is 6.10 Å². The number of aryl methyl sites for hydroxylation is 1. The van der Waals surface area contributed by atoms with Gasteiger partial charge in [0.1, 0.15) is 17.6 Å². The highest BCUT2D eigenvalue weighted by Crippen LogP contribution is 2.36. The predicted molar refractivity (Wildman–Crippen MR) is 131 cm³/mol. The number of halogens is 1. The van der Waals surface area contributed by atoms with Crippen LogP contribution in [-0.2, 0) is 23.0 Å². The molecule has 33 heavy (non-hydrogen) atoms. The van der Waals surface area contributed by atoms with Crippen molar-refractivity contribution in [3.8, 4) is 11.4 Å². The van der Waals surface area contributed by atoms with Crippen molar-refractivity contribution < 1.29 is 9.53 Å². The third-order valence-electron chi connectivity index (χ3n) is 5.98. The van der Waals surface area contributed by atoms with Gasteiger partial charge in [-0.2, -0.15) is 0 Å². The summed E-state index contributed by atoms with van der Waals surface area (Å²) in [4.78, 5) is 31.8. The van der Waals surface area contributed by atoms with Crippen molar-refractivity contribution in [2.24, 2.45) is 7.05 Å². The Morgan fingerprint density at radius 3 is 2.64 bits per heavy atom. The van der Waals surface area contributed by atoms with Gasteiger partial charge in [0.25, 0.3) is 5.56 Å². The molecule has 1 aliphatic rings. The fourth-order valence-electron chi connectivity index (χ4n) is 4.29. The van der Waals surface area contributed by atoms with Gasteiger partial charge in [-0.05, 0) is 36.2 Å². The zero-order valence-electron chi connectivity index (χ0n) is 19.3. The number of carbonyl (C=O) groups excluding carboxylic acids is 1. The Morgan fingerprint density at radius 1 is 1.24 bits per heavy atom. The predicted octanol–water partition coefficient (Wildman–Crippen LogP) is 4.12. The van der Waals surface area contributed by atoms with Crippen LogP contribution in [-0.4, -0.2) is 35.7 Å². The molecule has 1 heterocycles. The van der Waals surface area contributed by atoms with Crippen molar-refractivity contribution in [1.29, 1.82) is 0 Å². The van der Waals surface area contributed by atoms with E-state index in [2.05, 4.69) is 5.32 Å². The zero-order chi connectivity index (χ0) is 23.9. The molecule has 0 radical (unpaired) electrons. The lowest BCUT2D eigenvalue weighted by Gasteiger charge is -2.24. The molecule has 3 aromatic rings. The molecule has 0 saturated heterocycles. The van der Waals surface area contributed by atoms with Crippen LogP contribution in [0.1, 0.15) is 29.8 Å². The number of benzene rings is 2. The molecule has 7 nitrogen and oxygen atoms in total. The second-order valence-corrected chi connectivity index (χ2v) is 8.90. The van der Waals surface area contributed by atoms with Crippen LogP contribution in [0.2, 0.25) is 5.02 Å². The standard InChI is InChI=1S/C25H27ClN4O3/c1-14-22(28-23-18-9-7-6-8-16(18)12-21(23)33-15(2)31)25(32)30(5)24(27-14)19-11-10-17(29(3)4)13-20(19)26/h6-11,13,21,23,28H,12H2,1-5H3/t21-,23?/m0/s1. The van der Waals surface area contributed by atoms with E-state index in [1.165, 1.54) is 11.5 Å². The third-order valence-corrected chi connectivity index (χ3v) is 6.29. The van der Waals surface area contributed by atoms with Crippen molar-refractivity contribution in [2.45, 2.75) is 32.4 Å². The number of fused-ring (bicyclic) bond motifs is 1. The van der Waals surface area contributed by atoms with E-state index in [0.717, 1.165) is 16.8 Å². The summed E-state index contributed by atoms with van der Waals surface area (Å²) < 4.78 is 7.07. The Labute approximate surface area is 198 Å². The molecule has 2 atom stereocenters. The van der Waals surface area contributed by atoms with E-state index in [9.17, 15) is 9.59 Å². The van der Waals surface area contributed by atoms with Gasteiger partial charge in [0.2, 0.25) is 0 Å². The van der Waals surface area contributed by atoms with Gasteiger partial charge in [0, 0.05) is 45.7 Å². The van der Waals surface area contributed by atoms with Crippen molar-refractivity contribution in [1.82, 2.24) is 9.55 Å². The van der Waals surface area contributed by atoms with Crippen LogP contribution in [0.15, 0.2) is 47.3 Å². The maximum absolute atomic E-state index is 13.4. The molecule has 1 N–H and O–H groups in total. The highest BCUT2D eigenvalue weighted by atomic mass is 35.5. The first-order valence-corrected chi connectivity index (χ1v) is 11.1. The Kier molecular flexibility index (Phi) is 6.17. The molecule has 4 rings (SSSR count). The second kappa shape index (κ2) is 8.90. The summed E-state index contributed by atoms with van der Waals surface area (Å²) in [6.07, 6.45) is 0.184. The van der Waals surface area contributed by atoms with Gasteiger partial charge in [0.05, 0.1) is 16.8 Å². The van der Waals surface area contributed by atoms with E-state index in [4.69, 9.17) is 21.3 Å². The van der Waals surface area contributed by atoms with Crippen LogP contribution in [0.5, 0.6) is 0 Å². The topological polar surface area (TPSA) is 76.5 Å². The lowest BCUT2D eigenvalue weighted by molar-refractivity contribution is -0.146. The van der Waals surface area contributed by atoms with Gasteiger partial charge in [-0.15, -0.1) is 0 Å². The molecule has 172 valence electrons. The van der Waals surface area contributed by atoms with Crippen molar-refractivity contribution in [3.05, 3.63) is 74.7 Å². The average Bonchev–Trinajstić information content (AvgIpc) is 3.10. The Hall–Kier alpha value is -3.32. The summed E-state index contributed by atoms with van der Waals surface area (Å²) in [7, 11) is 5.56. The maximum atomic E-state index is 13.4. The monoisotopic (exact) mass is 466 g/mol. The molecule has 0 spiro atoms. The molecule has 8 heteroatoms. The van der Waals surface area contributed by atoms with Crippen LogP contribution in [0.3, 0.4) is 0 Å². The van der Waals surface area contributed by atoms with Gasteiger partial charge in [0.15, 0.2) is 0 Å². The third kappa shape index (κ3) is 4.33. The van der Waals surface area contributed by atoms with Gasteiger partial charge in [-0.1, -0.05) is 35.9 Å². The number of hydrogen-bond donors (Lipinski definition) is 1. The average molecular weight is 467 g/mol. The second-order valence-electron chi connectivity index (χ2n) is 8.49. The molecular weight excluding hydrogens is 440 g/mol. The highest BCUT2D eigenvalue weighted by molar-refractivity contribution is 6.33. The van der Waals surface area contributed by atoms with Crippen LogP contribution in [0.25, 0.3) is 11.4 Å². The fraction of sp³-hybridized carbons (Fsp3) is 0.320. The van der Waals surface area contributed by atoms with E-state index in [1.54, 1.807) is 14.0 Å². The molecule has 0 saturated carbocycles. The van der Waals surface area contributed by atoms with Crippen molar-refractivity contribution in [3.63, 3.8) is 0 Å². The highest BCUT2D eigenvalue weighted by Gasteiger charge is 2.35. The van der Waals surface area contributed by atoms with Crippen LogP contribution in [0.4, 0.5) is 11.4 Å². The van der Waals surface area contributed by atoms with E-state index in [-0.39, 0.29) is 17.6 Å². The number of anilines is 2. The summed E-state index contributed by atoms with van der Waals surface area (Å²) in [5.41, 5.74) is 4.44. The number of carbonyl (C=O) groups is 1. The molecule has 0 amide bonds. The molecule has 1 aliphatic carbocycles. The number of esters is 1. The Bertz CT molecular complexity index is 1290. The Morgan fingerprint density at radius 2 is 1.97 bits per heavy atom. The number of rotatable bonds is 5. The Balaban J connectivity index is 1.74. The lowest BCUT2D eigenvalue weighted by Crippen LogP contribution is -2.31. The van der Waals surface area contributed by atoms with E-state index in [0.29, 0.717) is 34.2 Å². The summed E-state index contributed by atoms with van der Waals surface area (Å²) in [5.74, 6) is 0.134. The first-order valence-electron chi connectivity index (χ1n) is 10.7. The first-order chi connectivity index (χ1) is 15.7. The fourth-order valence-corrected chi connectivity index (χ4v) is 4.55. The SMILES string of the molecule is CC(=O)O[C@H]1Cc2ccccc2C1Nc1c(C)nc(-c2ccc(N(C)C)cc2Cl)n(C)c1=O. The van der Waals surface area contributed by atoms with E-state index in [1.807, 2.05) is 61.5 Å². The molecule has 0 aliphatic heterocycles. The van der Waals surface area contributed by atoms with Gasteiger partial charge >= 0.3 is 5.97 Å². The minimum absolute atomic E-state index is 0.226. The van der Waals surface area contributed by atoms with Gasteiger partial charge in [-0.25, -0.2) is 4.98 Å². The molecule has 2 aromatic carbocycles. The van der Waals surface area contributed by atoms with Crippen LogP contribution < -0.4 is 15.8 Å². The quantitative estimate of drug-likeness (QED) is 0.570. The van der Waals surface area contributed by atoms with Gasteiger partial charge < -0.3 is 15.0 Å². The summed E-state index contributed by atoms with van der Waals surface area (Å²) in [5, 5.41) is 3.85. The van der Waals surface area contributed by atoms with Crippen LogP contribution >= 0.6 is 11.6 Å².